The van der Waals surface area contributed by atoms with Gasteiger partial charge in [0.25, 0.3) is 5.91 Å². The average molecular weight is 373 g/mol. The lowest BCUT2D eigenvalue weighted by molar-refractivity contribution is -0.183. The second kappa shape index (κ2) is 6.15. The van der Waals surface area contributed by atoms with Crippen molar-refractivity contribution in [3.8, 4) is 0 Å². The highest BCUT2D eigenvalue weighted by molar-refractivity contribution is 6.06. The van der Waals surface area contributed by atoms with E-state index in [9.17, 15) is 14.7 Å². The molecule has 3 aliphatic heterocycles. The summed E-state index contributed by atoms with van der Waals surface area (Å²) >= 11 is 0. The first-order valence-electron chi connectivity index (χ1n) is 10.1. The van der Waals surface area contributed by atoms with Gasteiger partial charge >= 0.3 is 0 Å². The second-order valence-electron chi connectivity index (χ2n) is 8.67. The average Bonchev–Trinajstić information content (AvgIpc) is 3.32. The van der Waals surface area contributed by atoms with Gasteiger partial charge in [-0.05, 0) is 38.3 Å². The molecule has 2 atom stereocenters. The maximum Gasteiger partial charge on any atom is 0.252 e. The number of fused-ring (bicyclic) bond motifs is 2. The molecule has 1 aromatic heterocycles. The summed E-state index contributed by atoms with van der Waals surface area (Å²) < 4.78 is 5.62. The molecule has 1 spiro atoms. The maximum atomic E-state index is 13.5. The van der Waals surface area contributed by atoms with Gasteiger partial charge in [-0.2, -0.15) is 0 Å². The molecule has 7 heteroatoms. The van der Waals surface area contributed by atoms with Gasteiger partial charge in [0.2, 0.25) is 5.91 Å². The molecule has 0 aromatic carbocycles. The third kappa shape index (κ3) is 2.59. The number of carbonyl (C=O) groups is 2. The van der Waals surface area contributed by atoms with Crippen molar-refractivity contribution in [2.45, 2.75) is 69.3 Å². The molecule has 146 valence electrons. The van der Waals surface area contributed by atoms with Crippen LogP contribution < -0.4 is 0 Å². The summed E-state index contributed by atoms with van der Waals surface area (Å²) in [6, 6.07) is 3.83. The van der Waals surface area contributed by atoms with Crippen molar-refractivity contribution in [2.24, 2.45) is 0 Å². The third-order valence-electron chi connectivity index (χ3n) is 6.90. The van der Waals surface area contributed by atoms with E-state index in [2.05, 4.69) is 4.90 Å². The Kier molecular flexibility index (Phi) is 3.97. The van der Waals surface area contributed by atoms with Crippen LogP contribution in [0.15, 0.2) is 16.5 Å². The van der Waals surface area contributed by atoms with Crippen molar-refractivity contribution in [1.29, 1.82) is 0 Å². The number of amides is 2. The number of hydrogen-bond acceptors (Lipinski definition) is 6. The summed E-state index contributed by atoms with van der Waals surface area (Å²) in [7, 11) is 0. The number of β-amino-alcohol motifs (C(OH)–C–C–N with tert-alkyl or cyclic N) is 1. The Hall–Kier alpha value is -1.70. The second-order valence-corrected chi connectivity index (χ2v) is 8.67. The van der Waals surface area contributed by atoms with Gasteiger partial charge in [0.05, 0.1) is 18.7 Å². The van der Waals surface area contributed by atoms with Crippen molar-refractivity contribution in [1.82, 2.24) is 14.7 Å². The molecule has 2 unspecified atom stereocenters. The first kappa shape index (κ1) is 17.4. The molecule has 4 aliphatic rings. The van der Waals surface area contributed by atoms with E-state index in [1.54, 1.807) is 0 Å². The number of piperazine rings is 1. The molecule has 4 fully saturated rings. The molecule has 27 heavy (non-hydrogen) atoms. The monoisotopic (exact) mass is 373 g/mol. The third-order valence-corrected chi connectivity index (χ3v) is 6.90. The van der Waals surface area contributed by atoms with Gasteiger partial charge in [-0.1, -0.05) is 12.8 Å². The topological polar surface area (TPSA) is 77.2 Å². The number of aliphatic hydroxyl groups excluding tert-OH is 1. The summed E-state index contributed by atoms with van der Waals surface area (Å²) in [5.41, 5.74) is -0.666. The number of hydrogen-bond donors (Lipinski definition) is 1. The van der Waals surface area contributed by atoms with Gasteiger partial charge in [0.1, 0.15) is 17.1 Å². The molecular weight excluding hydrogens is 346 g/mol. The predicted octanol–water partition coefficient (Wildman–Crippen LogP) is 0.889. The smallest absolute Gasteiger partial charge is 0.252 e. The number of nitrogens with zero attached hydrogens (tertiary/aromatic N) is 3. The van der Waals surface area contributed by atoms with Gasteiger partial charge in [0, 0.05) is 25.7 Å². The van der Waals surface area contributed by atoms with E-state index in [-0.39, 0.29) is 18.4 Å². The Balaban J connectivity index is 1.42. The minimum Gasteiger partial charge on any atom is -0.464 e. The van der Waals surface area contributed by atoms with Crippen LogP contribution in [0.2, 0.25) is 0 Å². The quantitative estimate of drug-likeness (QED) is 0.793. The molecule has 2 amide bonds. The fourth-order valence-corrected chi connectivity index (χ4v) is 5.52. The first-order valence-corrected chi connectivity index (χ1v) is 10.1. The minimum absolute atomic E-state index is 0.124. The molecule has 7 nitrogen and oxygen atoms in total. The fourth-order valence-electron chi connectivity index (χ4n) is 5.52. The van der Waals surface area contributed by atoms with E-state index in [0.29, 0.717) is 37.9 Å². The van der Waals surface area contributed by atoms with Gasteiger partial charge in [-0.25, -0.2) is 0 Å². The molecule has 0 radical (unpaired) electrons. The molecule has 3 saturated heterocycles. The van der Waals surface area contributed by atoms with Crippen LogP contribution in [0, 0.1) is 6.92 Å². The van der Waals surface area contributed by atoms with Crippen LogP contribution in [0.5, 0.6) is 0 Å². The Morgan fingerprint density at radius 1 is 1.22 bits per heavy atom. The summed E-state index contributed by atoms with van der Waals surface area (Å²) in [6.45, 7) is 3.78. The van der Waals surface area contributed by atoms with Crippen molar-refractivity contribution >= 4 is 11.8 Å². The zero-order valence-electron chi connectivity index (χ0n) is 15.8. The van der Waals surface area contributed by atoms with E-state index in [1.165, 1.54) is 30.6 Å². The largest absolute Gasteiger partial charge is 0.464 e. The Labute approximate surface area is 158 Å². The van der Waals surface area contributed by atoms with Crippen LogP contribution in [-0.2, 0) is 16.1 Å². The fraction of sp³-hybridized carbons (Fsp3) is 0.700. The Bertz CT molecular complexity index is 763. The van der Waals surface area contributed by atoms with Crippen molar-refractivity contribution in [3.05, 3.63) is 23.7 Å². The summed E-state index contributed by atoms with van der Waals surface area (Å²) in [5.74, 6) is 1.07. The maximum absolute atomic E-state index is 13.5. The molecule has 1 aliphatic carbocycles. The molecule has 0 bridgehead atoms. The highest BCUT2D eigenvalue weighted by Crippen LogP contribution is 2.43. The zero-order valence-corrected chi connectivity index (χ0v) is 15.8. The van der Waals surface area contributed by atoms with E-state index >= 15 is 0 Å². The van der Waals surface area contributed by atoms with Crippen LogP contribution >= 0.6 is 0 Å². The summed E-state index contributed by atoms with van der Waals surface area (Å²) in [6.07, 6.45) is 4.78. The van der Waals surface area contributed by atoms with E-state index in [0.717, 1.165) is 5.76 Å². The van der Waals surface area contributed by atoms with Crippen LogP contribution in [0.3, 0.4) is 0 Å². The Morgan fingerprint density at radius 3 is 2.63 bits per heavy atom. The highest BCUT2D eigenvalue weighted by atomic mass is 16.3. The SMILES string of the molecule is Cc1ccc(CN2C(=O)C3CC(O)CN3C3(CN(C4CCCC4)C3)C2=O)o1. The van der Waals surface area contributed by atoms with E-state index in [1.807, 2.05) is 24.0 Å². The van der Waals surface area contributed by atoms with Gasteiger partial charge in [-0.15, -0.1) is 0 Å². The standard InChI is InChI=1S/C20H27N3O4/c1-13-6-7-16(27-13)10-22-18(25)17-8-15(24)9-23(17)20(19(22)26)11-21(12-20)14-4-2-3-5-14/h6-7,14-15,17,24H,2-5,8-12H2,1H3. The van der Waals surface area contributed by atoms with Crippen molar-refractivity contribution < 1.29 is 19.1 Å². The molecule has 4 heterocycles. The van der Waals surface area contributed by atoms with Crippen molar-refractivity contribution in [2.75, 3.05) is 19.6 Å². The molecule has 1 aromatic rings. The number of rotatable bonds is 3. The van der Waals surface area contributed by atoms with Crippen molar-refractivity contribution in [3.63, 3.8) is 0 Å². The lowest BCUT2D eigenvalue weighted by Gasteiger charge is -2.60. The van der Waals surface area contributed by atoms with Gasteiger partial charge in [-0.3, -0.25) is 24.3 Å². The zero-order chi connectivity index (χ0) is 18.8. The first-order chi connectivity index (χ1) is 13.0. The molecular formula is C20H27N3O4. The van der Waals surface area contributed by atoms with Gasteiger partial charge < -0.3 is 9.52 Å². The summed E-state index contributed by atoms with van der Waals surface area (Å²) in [4.78, 5) is 32.3. The van der Waals surface area contributed by atoms with Crippen LogP contribution in [0.4, 0.5) is 0 Å². The summed E-state index contributed by atoms with van der Waals surface area (Å²) in [5, 5.41) is 10.2. The number of furan rings is 1. The molecule has 5 rings (SSSR count). The highest BCUT2D eigenvalue weighted by Gasteiger charge is 2.64. The number of likely N-dealkylation sites (tertiary alicyclic amines) is 1. The molecule has 1 N–H and O–H groups in total. The number of imide groups is 1. The number of carbonyl (C=O) groups excluding carboxylic acids is 2. The van der Waals surface area contributed by atoms with Crippen LogP contribution in [0.25, 0.3) is 0 Å². The Morgan fingerprint density at radius 2 is 1.96 bits per heavy atom. The van der Waals surface area contributed by atoms with Crippen LogP contribution in [0.1, 0.15) is 43.6 Å². The minimum atomic E-state index is -0.666. The normalized spacial score (nSPS) is 31.7. The molecule has 1 saturated carbocycles. The lowest BCUT2D eigenvalue weighted by atomic mass is 9.81. The lowest BCUT2D eigenvalue weighted by Crippen LogP contribution is -2.82. The van der Waals surface area contributed by atoms with Gasteiger partial charge in [0.15, 0.2) is 0 Å². The number of aliphatic hydroxyl groups is 1. The van der Waals surface area contributed by atoms with E-state index in [4.69, 9.17) is 4.42 Å². The predicted molar refractivity (Wildman–Crippen MR) is 96.7 cm³/mol. The van der Waals surface area contributed by atoms with E-state index < -0.39 is 17.7 Å². The number of aryl methyl sites for hydroxylation is 1. The van der Waals surface area contributed by atoms with Crippen LogP contribution in [-0.4, -0.2) is 75.0 Å².